The third-order valence-electron chi connectivity index (χ3n) is 3.19. The van der Waals surface area contributed by atoms with Crippen LogP contribution in [0.3, 0.4) is 0 Å². The molecule has 0 saturated heterocycles. The van der Waals surface area contributed by atoms with E-state index in [9.17, 15) is 9.59 Å². The van der Waals surface area contributed by atoms with Crippen molar-refractivity contribution in [1.29, 1.82) is 0 Å². The summed E-state index contributed by atoms with van der Waals surface area (Å²) in [6, 6.07) is 12.7. The number of benzene rings is 2. The highest BCUT2D eigenvalue weighted by molar-refractivity contribution is 6.10. The van der Waals surface area contributed by atoms with Gasteiger partial charge in [-0.3, -0.25) is 9.59 Å². The van der Waals surface area contributed by atoms with Gasteiger partial charge in [-0.15, -0.1) is 0 Å². The Hall–Kier alpha value is -2.22. The second kappa shape index (κ2) is 5.19. The van der Waals surface area contributed by atoms with E-state index in [1.165, 1.54) is 6.92 Å². The molecule has 0 saturated carbocycles. The van der Waals surface area contributed by atoms with E-state index in [0.717, 1.165) is 11.1 Å². The minimum atomic E-state index is -0.0532. The summed E-state index contributed by atoms with van der Waals surface area (Å²) in [4.78, 5) is 23.8. The fourth-order valence-electron chi connectivity index (χ4n) is 2.01. The summed E-state index contributed by atoms with van der Waals surface area (Å²) in [6.07, 6.45) is 0. The maximum Gasteiger partial charge on any atom is 0.193 e. The summed E-state index contributed by atoms with van der Waals surface area (Å²) in [7, 11) is 0. The van der Waals surface area contributed by atoms with E-state index >= 15 is 0 Å². The Morgan fingerprint density at radius 3 is 2.00 bits per heavy atom. The number of Topliss-reactive ketones (excluding diaryl/α,β-unsaturated/α-hetero) is 1. The van der Waals surface area contributed by atoms with Crippen molar-refractivity contribution >= 4 is 11.6 Å². The van der Waals surface area contributed by atoms with Crippen molar-refractivity contribution < 1.29 is 9.59 Å². The van der Waals surface area contributed by atoms with E-state index in [1.54, 1.807) is 12.1 Å². The first-order chi connectivity index (χ1) is 8.99. The average Bonchev–Trinajstić information content (AvgIpc) is 2.39. The molecular weight excluding hydrogens is 236 g/mol. The molecule has 0 atom stereocenters. The van der Waals surface area contributed by atoms with Crippen LogP contribution in [0.15, 0.2) is 42.5 Å². The van der Waals surface area contributed by atoms with E-state index in [2.05, 4.69) is 0 Å². The van der Waals surface area contributed by atoms with Gasteiger partial charge >= 0.3 is 0 Å². The molecule has 2 rings (SSSR count). The molecule has 0 spiro atoms. The van der Waals surface area contributed by atoms with E-state index in [-0.39, 0.29) is 11.6 Å². The van der Waals surface area contributed by atoms with Gasteiger partial charge in [-0.05, 0) is 32.4 Å². The Morgan fingerprint density at radius 1 is 0.842 bits per heavy atom. The lowest BCUT2D eigenvalue weighted by Crippen LogP contribution is -2.04. The van der Waals surface area contributed by atoms with Crippen LogP contribution in [0.5, 0.6) is 0 Å². The van der Waals surface area contributed by atoms with Gasteiger partial charge in [0.1, 0.15) is 0 Å². The SMILES string of the molecule is CC(=O)c1cc(C(=O)c2ccc(C)cc2)ccc1C. The molecule has 2 heteroatoms. The number of ketones is 2. The highest BCUT2D eigenvalue weighted by Crippen LogP contribution is 2.16. The maximum atomic E-state index is 12.3. The molecular formula is C17H16O2. The van der Waals surface area contributed by atoms with Gasteiger partial charge in [0.25, 0.3) is 0 Å². The smallest absolute Gasteiger partial charge is 0.193 e. The van der Waals surface area contributed by atoms with Crippen LogP contribution >= 0.6 is 0 Å². The highest BCUT2D eigenvalue weighted by Gasteiger charge is 2.12. The van der Waals surface area contributed by atoms with E-state index in [1.807, 2.05) is 44.2 Å². The molecule has 0 aliphatic heterocycles. The van der Waals surface area contributed by atoms with Crippen molar-refractivity contribution in [3.8, 4) is 0 Å². The van der Waals surface area contributed by atoms with Gasteiger partial charge in [-0.25, -0.2) is 0 Å². The van der Waals surface area contributed by atoms with E-state index < -0.39 is 0 Å². The first kappa shape index (κ1) is 13.2. The van der Waals surface area contributed by atoms with Crippen molar-refractivity contribution in [3.05, 3.63) is 70.3 Å². The zero-order valence-corrected chi connectivity index (χ0v) is 11.4. The minimum absolute atomic E-state index is 0.0175. The molecule has 0 aliphatic rings. The lowest BCUT2D eigenvalue weighted by atomic mass is 9.97. The Labute approximate surface area is 113 Å². The molecule has 96 valence electrons. The molecule has 0 radical (unpaired) electrons. The molecule has 0 amide bonds. The summed E-state index contributed by atoms with van der Waals surface area (Å²) in [6.45, 7) is 5.37. The molecule has 2 aromatic rings. The van der Waals surface area contributed by atoms with Crippen LogP contribution in [0, 0.1) is 13.8 Å². The van der Waals surface area contributed by atoms with Crippen molar-refractivity contribution in [2.24, 2.45) is 0 Å². The Morgan fingerprint density at radius 2 is 1.42 bits per heavy atom. The molecule has 0 bridgehead atoms. The van der Waals surface area contributed by atoms with Crippen LogP contribution in [0.25, 0.3) is 0 Å². The van der Waals surface area contributed by atoms with Crippen LogP contribution < -0.4 is 0 Å². The van der Waals surface area contributed by atoms with Crippen molar-refractivity contribution in [2.45, 2.75) is 20.8 Å². The third-order valence-corrected chi connectivity index (χ3v) is 3.19. The predicted octanol–water partition coefficient (Wildman–Crippen LogP) is 3.74. The summed E-state index contributed by atoms with van der Waals surface area (Å²) < 4.78 is 0. The number of hydrogen-bond donors (Lipinski definition) is 0. The molecule has 2 nitrogen and oxygen atoms in total. The number of carbonyl (C=O) groups is 2. The fraction of sp³-hybridized carbons (Fsp3) is 0.176. The van der Waals surface area contributed by atoms with Crippen molar-refractivity contribution in [1.82, 2.24) is 0 Å². The first-order valence-electron chi connectivity index (χ1n) is 6.22. The van der Waals surface area contributed by atoms with Crippen LogP contribution in [-0.2, 0) is 0 Å². The standard InChI is InChI=1S/C17H16O2/c1-11-4-7-14(8-5-11)17(19)15-9-6-12(2)16(10-15)13(3)18/h4-10H,1-3H3. The Balaban J connectivity index is 2.42. The highest BCUT2D eigenvalue weighted by atomic mass is 16.1. The molecule has 0 aromatic heterocycles. The second-order valence-electron chi connectivity index (χ2n) is 4.78. The zero-order chi connectivity index (χ0) is 14.0. The topological polar surface area (TPSA) is 34.1 Å². The maximum absolute atomic E-state index is 12.3. The molecule has 0 N–H and O–H groups in total. The van der Waals surface area contributed by atoms with Crippen LogP contribution in [0.4, 0.5) is 0 Å². The number of rotatable bonds is 3. The molecule has 19 heavy (non-hydrogen) atoms. The average molecular weight is 252 g/mol. The second-order valence-corrected chi connectivity index (χ2v) is 4.78. The van der Waals surface area contributed by atoms with Crippen LogP contribution in [0.2, 0.25) is 0 Å². The van der Waals surface area contributed by atoms with Gasteiger partial charge in [0.05, 0.1) is 0 Å². The third kappa shape index (κ3) is 2.79. The molecule has 0 fully saturated rings. The van der Waals surface area contributed by atoms with Gasteiger partial charge < -0.3 is 0 Å². The monoisotopic (exact) mass is 252 g/mol. The minimum Gasteiger partial charge on any atom is -0.295 e. The summed E-state index contributed by atoms with van der Waals surface area (Å²) in [5.41, 5.74) is 3.82. The summed E-state index contributed by atoms with van der Waals surface area (Å²) in [5, 5.41) is 0. The number of carbonyl (C=O) groups excluding carboxylic acids is 2. The Bertz CT molecular complexity index is 637. The van der Waals surface area contributed by atoms with Crippen molar-refractivity contribution in [3.63, 3.8) is 0 Å². The molecule has 0 aliphatic carbocycles. The van der Waals surface area contributed by atoms with Gasteiger partial charge in [0.15, 0.2) is 11.6 Å². The van der Waals surface area contributed by atoms with Crippen molar-refractivity contribution in [2.75, 3.05) is 0 Å². The van der Waals surface area contributed by atoms with Crippen LogP contribution in [0.1, 0.15) is 44.3 Å². The molecule has 0 heterocycles. The van der Waals surface area contributed by atoms with Gasteiger partial charge in [0, 0.05) is 16.7 Å². The quantitative estimate of drug-likeness (QED) is 0.780. The number of hydrogen-bond acceptors (Lipinski definition) is 2. The van der Waals surface area contributed by atoms with Gasteiger partial charge in [0.2, 0.25) is 0 Å². The van der Waals surface area contributed by atoms with Gasteiger partial charge in [-0.1, -0.05) is 42.0 Å². The largest absolute Gasteiger partial charge is 0.295 e. The lowest BCUT2D eigenvalue weighted by Gasteiger charge is -2.06. The Kier molecular flexibility index (Phi) is 3.61. The first-order valence-corrected chi connectivity index (χ1v) is 6.22. The summed E-state index contributed by atoms with van der Waals surface area (Å²) in [5.74, 6) is -0.0708. The lowest BCUT2D eigenvalue weighted by molar-refractivity contribution is 0.101. The van der Waals surface area contributed by atoms with E-state index in [0.29, 0.717) is 16.7 Å². The number of aryl methyl sites for hydroxylation is 2. The molecule has 0 unspecified atom stereocenters. The van der Waals surface area contributed by atoms with Crippen LogP contribution in [-0.4, -0.2) is 11.6 Å². The molecule has 2 aromatic carbocycles. The summed E-state index contributed by atoms with van der Waals surface area (Å²) >= 11 is 0. The normalized spacial score (nSPS) is 10.3. The fourth-order valence-corrected chi connectivity index (χ4v) is 2.01. The zero-order valence-electron chi connectivity index (χ0n) is 11.4. The van der Waals surface area contributed by atoms with E-state index in [4.69, 9.17) is 0 Å². The predicted molar refractivity (Wildman–Crippen MR) is 75.8 cm³/mol. The van der Waals surface area contributed by atoms with Gasteiger partial charge in [-0.2, -0.15) is 0 Å².